The van der Waals surface area contributed by atoms with Gasteiger partial charge in [0.05, 0.1) is 6.42 Å². The van der Waals surface area contributed by atoms with Crippen molar-refractivity contribution in [3.05, 3.63) is 23.8 Å². The van der Waals surface area contributed by atoms with Crippen molar-refractivity contribution in [3.63, 3.8) is 0 Å². The van der Waals surface area contributed by atoms with E-state index in [4.69, 9.17) is 14.2 Å². The summed E-state index contributed by atoms with van der Waals surface area (Å²) in [5.74, 6) is 0.572. The molecule has 1 aliphatic heterocycles. The third-order valence-corrected chi connectivity index (χ3v) is 3.34. The van der Waals surface area contributed by atoms with E-state index in [0.29, 0.717) is 24.7 Å². The van der Waals surface area contributed by atoms with E-state index in [1.165, 1.54) is 0 Å². The van der Waals surface area contributed by atoms with Crippen molar-refractivity contribution in [2.24, 2.45) is 0 Å². The molecular weight excluding hydrogens is 286 g/mol. The number of hydrogen-bond acceptors (Lipinski definition) is 5. The largest absolute Gasteiger partial charge is 0.486 e. The van der Waals surface area contributed by atoms with E-state index in [2.05, 4.69) is 5.32 Å². The normalized spacial score (nSPS) is 14.1. The number of fused-ring (bicyclic) bond motifs is 1. The molecule has 0 aliphatic carbocycles. The van der Waals surface area contributed by atoms with Crippen LogP contribution in [-0.2, 0) is 20.7 Å². The van der Waals surface area contributed by atoms with Crippen LogP contribution >= 0.6 is 0 Å². The molecule has 1 aromatic carbocycles. The summed E-state index contributed by atoms with van der Waals surface area (Å²) < 4.78 is 15.8. The summed E-state index contributed by atoms with van der Waals surface area (Å²) in [5, 5.41) is 2.74. The van der Waals surface area contributed by atoms with Crippen LogP contribution in [0.1, 0.15) is 25.8 Å². The van der Waals surface area contributed by atoms with Crippen molar-refractivity contribution in [1.29, 1.82) is 0 Å². The molecule has 0 spiro atoms. The van der Waals surface area contributed by atoms with Crippen LogP contribution < -0.4 is 14.8 Å². The summed E-state index contributed by atoms with van der Waals surface area (Å²) in [4.78, 5) is 23.3. The molecule has 0 radical (unpaired) electrons. The van der Waals surface area contributed by atoms with Gasteiger partial charge in [0.2, 0.25) is 0 Å². The van der Waals surface area contributed by atoms with Gasteiger partial charge in [-0.3, -0.25) is 9.59 Å². The molecule has 0 saturated heterocycles. The Bertz CT molecular complexity index is 543. The van der Waals surface area contributed by atoms with Crippen LogP contribution in [0.25, 0.3) is 0 Å². The van der Waals surface area contributed by atoms with E-state index in [1.807, 2.05) is 13.8 Å². The number of rotatable bonds is 6. The van der Waals surface area contributed by atoms with Crippen molar-refractivity contribution in [2.75, 3.05) is 19.8 Å². The lowest BCUT2D eigenvalue weighted by molar-refractivity contribution is -0.148. The Hall–Kier alpha value is -2.24. The summed E-state index contributed by atoms with van der Waals surface area (Å²) in [7, 11) is 0. The fraction of sp³-hybridized carbons (Fsp3) is 0.500. The van der Waals surface area contributed by atoms with Crippen molar-refractivity contribution in [3.8, 4) is 11.5 Å². The maximum absolute atomic E-state index is 11.8. The molecule has 6 nitrogen and oxygen atoms in total. The molecule has 1 amide bonds. The lowest BCUT2D eigenvalue weighted by Crippen LogP contribution is -2.35. The van der Waals surface area contributed by atoms with Gasteiger partial charge in [-0.15, -0.1) is 0 Å². The first-order chi connectivity index (χ1) is 10.6. The minimum absolute atomic E-state index is 0.0731. The molecule has 1 aliphatic rings. The van der Waals surface area contributed by atoms with Crippen LogP contribution in [0.2, 0.25) is 0 Å². The van der Waals surface area contributed by atoms with E-state index in [9.17, 15) is 9.59 Å². The predicted molar refractivity (Wildman–Crippen MR) is 80.0 cm³/mol. The molecule has 1 aromatic rings. The average Bonchev–Trinajstić information content (AvgIpc) is 2.52. The quantitative estimate of drug-likeness (QED) is 0.805. The molecule has 0 bridgehead atoms. The Morgan fingerprint density at radius 3 is 2.73 bits per heavy atom. The van der Waals surface area contributed by atoms with Crippen LogP contribution in [0.15, 0.2) is 18.2 Å². The zero-order valence-electron chi connectivity index (χ0n) is 12.9. The minimum Gasteiger partial charge on any atom is -0.486 e. The predicted octanol–water partition coefficient (Wildman–Crippen LogP) is 1.46. The van der Waals surface area contributed by atoms with Crippen LogP contribution in [-0.4, -0.2) is 37.7 Å². The molecule has 0 aromatic heterocycles. The van der Waals surface area contributed by atoms with Gasteiger partial charge in [0.25, 0.3) is 5.91 Å². The number of esters is 1. The smallest absolute Gasteiger partial charge is 0.310 e. The maximum atomic E-state index is 11.8. The summed E-state index contributed by atoms with van der Waals surface area (Å²) in [6.07, 6.45) is 0.921. The van der Waals surface area contributed by atoms with Gasteiger partial charge in [-0.2, -0.15) is 0 Å². The summed E-state index contributed by atoms with van der Waals surface area (Å²) >= 11 is 0. The standard InChI is InChI=1S/C16H21NO5/c1-3-11(2)17-15(18)10-22-16(19)9-12-4-5-13-14(8-12)21-7-6-20-13/h4-5,8,11H,3,6-7,9-10H2,1-2H3,(H,17,18). The molecule has 1 N–H and O–H groups in total. The summed E-state index contributed by atoms with van der Waals surface area (Å²) in [6, 6.07) is 5.39. The SMILES string of the molecule is CCC(C)NC(=O)COC(=O)Cc1ccc2c(c1)OCCO2. The first-order valence-corrected chi connectivity index (χ1v) is 7.42. The second kappa shape index (κ2) is 7.68. The van der Waals surface area contributed by atoms with E-state index in [1.54, 1.807) is 18.2 Å². The number of hydrogen-bond donors (Lipinski definition) is 1. The van der Waals surface area contributed by atoms with Gasteiger partial charge in [-0.1, -0.05) is 13.0 Å². The van der Waals surface area contributed by atoms with Crippen molar-refractivity contribution in [2.45, 2.75) is 32.7 Å². The number of nitrogens with one attached hydrogen (secondary N) is 1. The Balaban J connectivity index is 1.81. The second-order valence-corrected chi connectivity index (χ2v) is 5.19. The average molecular weight is 307 g/mol. The zero-order valence-corrected chi connectivity index (χ0v) is 12.9. The number of carbonyl (C=O) groups is 2. The van der Waals surface area contributed by atoms with Crippen LogP contribution in [0.4, 0.5) is 0 Å². The highest BCUT2D eigenvalue weighted by Crippen LogP contribution is 2.30. The van der Waals surface area contributed by atoms with Gasteiger partial charge in [-0.25, -0.2) is 0 Å². The number of benzene rings is 1. The second-order valence-electron chi connectivity index (χ2n) is 5.19. The minimum atomic E-state index is -0.448. The molecular formula is C16H21NO5. The molecule has 22 heavy (non-hydrogen) atoms. The topological polar surface area (TPSA) is 73.9 Å². The van der Waals surface area contributed by atoms with Crippen LogP contribution in [0.5, 0.6) is 11.5 Å². The van der Waals surface area contributed by atoms with Gasteiger partial charge >= 0.3 is 5.97 Å². The molecule has 6 heteroatoms. The summed E-state index contributed by atoms with van der Waals surface area (Å²) in [6.45, 7) is 4.64. The van der Waals surface area contributed by atoms with Gasteiger partial charge < -0.3 is 19.5 Å². The number of ether oxygens (including phenoxy) is 3. The Labute approximate surface area is 129 Å². The van der Waals surface area contributed by atoms with Crippen molar-refractivity contribution < 1.29 is 23.8 Å². The zero-order chi connectivity index (χ0) is 15.9. The lowest BCUT2D eigenvalue weighted by Gasteiger charge is -2.18. The molecule has 2 rings (SSSR count). The Morgan fingerprint density at radius 2 is 2.00 bits per heavy atom. The fourth-order valence-electron chi connectivity index (χ4n) is 1.98. The summed E-state index contributed by atoms with van der Waals surface area (Å²) in [5.41, 5.74) is 0.761. The van der Waals surface area contributed by atoms with Crippen molar-refractivity contribution in [1.82, 2.24) is 5.32 Å². The lowest BCUT2D eigenvalue weighted by atomic mass is 10.1. The molecule has 0 fully saturated rings. The van der Waals surface area contributed by atoms with E-state index >= 15 is 0 Å². The fourth-order valence-corrected chi connectivity index (χ4v) is 1.98. The highest BCUT2D eigenvalue weighted by molar-refractivity contribution is 5.81. The molecule has 1 heterocycles. The van der Waals surface area contributed by atoms with E-state index in [-0.39, 0.29) is 25.0 Å². The van der Waals surface area contributed by atoms with Crippen LogP contribution in [0, 0.1) is 0 Å². The highest BCUT2D eigenvalue weighted by Gasteiger charge is 2.14. The first-order valence-electron chi connectivity index (χ1n) is 7.42. The van der Waals surface area contributed by atoms with E-state index < -0.39 is 5.97 Å². The van der Waals surface area contributed by atoms with Gasteiger partial charge in [0, 0.05) is 6.04 Å². The number of carbonyl (C=O) groups excluding carboxylic acids is 2. The third kappa shape index (κ3) is 4.65. The van der Waals surface area contributed by atoms with Crippen LogP contribution in [0.3, 0.4) is 0 Å². The maximum Gasteiger partial charge on any atom is 0.310 e. The molecule has 120 valence electrons. The third-order valence-electron chi connectivity index (χ3n) is 3.34. The van der Waals surface area contributed by atoms with Gasteiger partial charge in [0.1, 0.15) is 13.2 Å². The Kier molecular flexibility index (Phi) is 5.63. The highest BCUT2D eigenvalue weighted by atomic mass is 16.6. The van der Waals surface area contributed by atoms with Crippen molar-refractivity contribution >= 4 is 11.9 Å². The first kappa shape index (κ1) is 16.1. The Morgan fingerprint density at radius 1 is 1.27 bits per heavy atom. The molecule has 0 saturated carbocycles. The monoisotopic (exact) mass is 307 g/mol. The van der Waals surface area contributed by atoms with E-state index in [0.717, 1.165) is 12.0 Å². The molecule has 1 unspecified atom stereocenters. The van der Waals surface area contributed by atoms with Gasteiger partial charge in [0.15, 0.2) is 18.1 Å². The number of amides is 1. The van der Waals surface area contributed by atoms with Gasteiger partial charge in [-0.05, 0) is 31.0 Å². The molecule has 1 atom stereocenters.